The molecule has 32 heavy (non-hydrogen) atoms. The van der Waals surface area contributed by atoms with Crippen molar-refractivity contribution in [1.29, 1.82) is 0 Å². The molecular formula is C25H22ClN5O. The quantitative estimate of drug-likeness (QED) is 0.431. The Morgan fingerprint density at radius 2 is 1.81 bits per heavy atom. The minimum absolute atomic E-state index is 0.607. The van der Waals surface area contributed by atoms with Crippen molar-refractivity contribution in [2.75, 3.05) is 12.3 Å². The number of hydrogen-bond donors (Lipinski definition) is 1. The third-order valence-electron chi connectivity index (χ3n) is 5.45. The molecule has 3 heterocycles. The van der Waals surface area contributed by atoms with Crippen molar-refractivity contribution in [3.8, 4) is 23.0 Å². The van der Waals surface area contributed by atoms with Gasteiger partial charge in [-0.05, 0) is 54.6 Å². The Morgan fingerprint density at radius 3 is 2.62 bits per heavy atom. The van der Waals surface area contributed by atoms with Crippen LogP contribution >= 0.6 is 11.6 Å². The van der Waals surface area contributed by atoms with Gasteiger partial charge >= 0.3 is 0 Å². The van der Waals surface area contributed by atoms with E-state index in [9.17, 15) is 0 Å². The summed E-state index contributed by atoms with van der Waals surface area (Å²) >= 11 is 5.97. The number of fused-ring (bicyclic) bond motifs is 1. The molecule has 4 aromatic rings. The monoisotopic (exact) mass is 443 g/mol. The Hall–Kier alpha value is -3.48. The number of hydrogen-bond acceptors (Lipinski definition) is 6. The minimum Gasteiger partial charge on any atom is -0.439 e. The zero-order valence-electron chi connectivity index (χ0n) is 17.4. The van der Waals surface area contributed by atoms with Gasteiger partial charge in [-0.25, -0.2) is 15.0 Å². The van der Waals surface area contributed by atoms with E-state index in [1.54, 1.807) is 18.3 Å². The molecule has 6 nitrogen and oxygen atoms in total. The molecule has 2 N–H and O–H groups in total. The summed E-state index contributed by atoms with van der Waals surface area (Å²) in [6.45, 7) is 2.42. The second-order valence-corrected chi connectivity index (χ2v) is 8.21. The van der Waals surface area contributed by atoms with Gasteiger partial charge < -0.3 is 10.5 Å². The highest BCUT2D eigenvalue weighted by molar-refractivity contribution is 6.30. The second-order valence-electron chi connectivity index (χ2n) is 7.77. The fourth-order valence-corrected chi connectivity index (χ4v) is 3.90. The Bertz CT molecular complexity index is 1230. The van der Waals surface area contributed by atoms with Crippen LogP contribution < -0.4 is 10.5 Å². The molecule has 0 saturated carbocycles. The van der Waals surface area contributed by atoms with Gasteiger partial charge in [0, 0.05) is 65.8 Å². The van der Waals surface area contributed by atoms with Gasteiger partial charge in [0.25, 0.3) is 0 Å². The van der Waals surface area contributed by atoms with E-state index < -0.39 is 0 Å². The van der Waals surface area contributed by atoms with E-state index in [1.165, 1.54) is 0 Å². The van der Waals surface area contributed by atoms with Crippen LogP contribution in [0.2, 0.25) is 5.02 Å². The molecule has 7 heteroatoms. The Morgan fingerprint density at radius 1 is 1.00 bits per heavy atom. The number of nitrogens with zero attached hydrogens (tertiary/aromatic N) is 4. The van der Waals surface area contributed by atoms with Crippen LogP contribution in [-0.2, 0) is 19.5 Å². The van der Waals surface area contributed by atoms with Crippen molar-refractivity contribution < 1.29 is 4.74 Å². The highest BCUT2D eigenvalue weighted by atomic mass is 35.5. The van der Waals surface area contributed by atoms with E-state index in [2.05, 4.69) is 20.9 Å². The predicted octanol–water partition coefficient (Wildman–Crippen LogP) is 5.12. The van der Waals surface area contributed by atoms with Gasteiger partial charge in [0.2, 0.25) is 5.88 Å². The molecule has 5 rings (SSSR count). The van der Waals surface area contributed by atoms with Crippen LogP contribution in [0.5, 0.6) is 11.6 Å². The Kier molecular flexibility index (Phi) is 5.71. The second kappa shape index (κ2) is 8.94. The van der Waals surface area contributed by atoms with Gasteiger partial charge in [-0.1, -0.05) is 17.7 Å². The number of pyridine rings is 1. The fraction of sp³-hybridized carbons (Fsp3) is 0.160. The van der Waals surface area contributed by atoms with Crippen LogP contribution in [0.25, 0.3) is 11.4 Å². The van der Waals surface area contributed by atoms with Crippen molar-refractivity contribution in [1.82, 2.24) is 19.9 Å². The zero-order chi connectivity index (χ0) is 21.9. The average Bonchev–Trinajstić information content (AvgIpc) is 2.82. The van der Waals surface area contributed by atoms with Crippen molar-refractivity contribution in [3.63, 3.8) is 0 Å². The molecule has 0 saturated heterocycles. The fourth-order valence-electron chi connectivity index (χ4n) is 3.77. The van der Waals surface area contributed by atoms with E-state index in [4.69, 9.17) is 27.1 Å². The molecule has 0 spiro atoms. The summed E-state index contributed by atoms with van der Waals surface area (Å²) in [5, 5.41) is 0.673. The number of rotatable bonds is 5. The molecule has 0 fully saturated rings. The topological polar surface area (TPSA) is 77.2 Å². The first-order chi connectivity index (χ1) is 15.6. The van der Waals surface area contributed by atoms with E-state index in [1.807, 2.05) is 48.7 Å². The molecule has 2 aromatic carbocycles. The number of nitrogen functional groups attached to an aromatic ring is 1. The molecular weight excluding hydrogens is 422 g/mol. The maximum atomic E-state index is 6.02. The predicted molar refractivity (Wildman–Crippen MR) is 125 cm³/mol. The summed E-state index contributed by atoms with van der Waals surface area (Å²) in [7, 11) is 0. The third kappa shape index (κ3) is 4.56. The first kappa shape index (κ1) is 20.4. The SMILES string of the molecule is Nc1ccc(-c2ncc3c(n2)CCN(Cc2cccnc2Oc2ccc(Cl)cc2)C3)cc1. The van der Waals surface area contributed by atoms with E-state index in [-0.39, 0.29) is 0 Å². The molecule has 1 aliphatic heterocycles. The molecule has 160 valence electrons. The average molecular weight is 444 g/mol. The lowest BCUT2D eigenvalue weighted by Crippen LogP contribution is -2.31. The van der Waals surface area contributed by atoms with Crippen LogP contribution in [0.3, 0.4) is 0 Å². The van der Waals surface area contributed by atoms with Gasteiger partial charge in [0.05, 0.1) is 5.69 Å². The normalized spacial score (nSPS) is 13.5. The summed E-state index contributed by atoms with van der Waals surface area (Å²) < 4.78 is 6.02. The minimum atomic E-state index is 0.607. The number of anilines is 1. The Labute approximate surface area is 191 Å². The number of benzene rings is 2. The largest absolute Gasteiger partial charge is 0.439 e. The highest BCUT2D eigenvalue weighted by Gasteiger charge is 2.20. The smallest absolute Gasteiger partial charge is 0.223 e. The van der Waals surface area contributed by atoms with Crippen LogP contribution in [0.1, 0.15) is 16.8 Å². The summed E-state index contributed by atoms with van der Waals surface area (Å²) in [6, 6.07) is 18.9. The molecule has 0 radical (unpaired) electrons. The standard InChI is InChI=1S/C25H22ClN5O/c26-20-5-9-22(10-6-20)32-25-18(2-1-12-28-25)15-31-13-11-23-19(16-31)14-29-24(30-23)17-3-7-21(27)8-4-17/h1-10,12,14H,11,13,15-16,27H2. The Balaban J connectivity index is 1.30. The number of ether oxygens (including phenoxy) is 1. The van der Waals surface area contributed by atoms with E-state index >= 15 is 0 Å². The molecule has 0 bridgehead atoms. The maximum Gasteiger partial charge on any atom is 0.223 e. The van der Waals surface area contributed by atoms with Gasteiger partial charge in [-0.3, -0.25) is 4.90 Å². The summed E-state index contributed by atoms with van der Waals surface area (Å²) in [6.07, 6.45) is 4.55. The molecule has 0 aliphatic carbocycles. The maximum absolute atomic E-state index is 6.02. The van der Waals surface area contributed by atoms with Crippen LogP contribution in [0.15, 0.2) is 73.1 Å². The number of halogens is 1. The van der Waals surface area contributed by atoms with E-state index in [0.717, 1.165) is 60.0 Å². The number of aromatic nitrogens is 3. The number of nitrogens with two attached hydrogens (primary N) is 1. The van der Waals surface area contributed by atoms with Crippen LogP contribution in [-0.4, -0.2) is 26.4 Å². The molecule has 0 unspecified atom stereocenters. The summed E-state index contributed by atoms with van der Waals surface area (Å²) in [4.78, 5) is 16.2. The molecule has 0 amide bonds. The lowest BCUT2D eigenvalue weighted by Gasteiger charge is -2.28. The van der Waals surface area contributed by atoms with Crippen LogP contribution in [0.4, 0.5) is 5.69 Å². The molecule has 1 aliphatic rings. The van der Waals surface area contributed by atoms with Gasteiger partial charge in [-0.2, -0.15) is 0 Å². The van der Waals surface area contributed by atoms with E-state index in [0.29, 0.717) is 16.7 Å². The molecule has 2 aromatic heterocycles. The first-order valence-electron chi connectivity index (χ1n) is 10.4. The molecule has 0 atom stereocenters. The van der Waals surface area contributed by atoms with Crippen molar-refractivity contribution in [2.45, 2.75) is 19.5 Å². The van der Waals surface area contributed by atoms with Crippen molar-refractivity contribution >= 4 is 17.3 Å². The lowest BCUT2D eigenvalue weighted by atomic mass is 10.1. The van der Waals surface area contributed by atoms with Gasteiger partial charge in [-0.15, -0.1) is 0 Å². The summed E-state index contributed by atoms with van der Waals surface area (Å²) in [5.41, 5.74) is 10.8. The highest BCUT2D eigenvalue weighted by Crippen LogP contribution is 2.27. The van der Waals surface area contributed by atoms with Crippen molar-refractivity contribution in [2.24, 2.45) is 0 Å². The van der Waals surface area contributed by atoms with Gasteiger partial charge in [0.15, 0.2) is 5.82 Å². The lowest BCUT2D eigenvalue weighted by molar-refractivity contribution is 0.239. The first-order valence-corrected chi connectivity index (χ1v) is 10.8. The van der Waals surface area contributed by atoms with Gasteiger partial charge in [0.1, 0.15) is 5.75 Å². The van der Waals surface area contributed by atoms with Crippen molar-refractivity contribution in [3.05, 3.63) is 94.9 Å². The zero-order valence-corrected chi connectivity index (χ0v) is 18.2. The third-order valence-corrected chi connectivity index (χ3v) is 5.71. The van der Waals surface area contributed by atoms with Crippen LogP contribution in [0, 0.1) is 0 Å². The summed E-state index contributed by atoms with van der Waals surface area (Å²) in [5.74, 6) is 2.06.